The van der Waals surface area contributed by atoms with Gasteiger partial charge in [-0.25, -0.2) is 0 Å². The molecule has 7 heavy (non-hydrogen) atoms. The van der Waals surface area contributed by atoms with Gasteiger partial charge < -0.3 is 14.9 Å². The first-order valence-corrected chi connectivity index (χ1v) is 2.09. The van der Waals surface area contributed by atoms with Gasteiger partial charge in [0.25, 0.3) is 0 Å². The van der Waals surface area contributed by atoms with Gasteiger partial charge in [0.05, 0.1) is 0 Å². The quantitative estimate of drug-likeness (QED) is 0.374. The summed E-state index contributed by atoms with van der Waals surface area (Å²) < 4.78 is 4.23. The van der Waals surface area contributed by atoms with Crippen molar-refractivity contribution in [3.63, 3.8) is 0 Å². The summed E-state index contributed by atoms with van der Waals surface area (Å²) in [6.07, 6.45) is 0. The molecule has 0 unspecified atom stereocenters. The molecule has 0 atom stereocenters. The Morgan fingerprint density at radius 2 is 2.14 bits per heavy atom. The Morgan fingerprint density at radius 1 is 1.57 bits per heavy atom. The minimum Gasteiger partial charge on any atom is -0.459 e. The minimum absolute atomic E-state index is 0.0162. The molecule has 0 heterocycles. The van der Waals surface area contributed by atoms with E-state index in [1.54, 1.807) is 0 Å². The van der Waals surface area contributed by atoms with E-state index >= 15 is 0 Å². The molecule has 0 aliphatic carbocycles. The van der Waals surface area contributed by atoms with E-state index in [-0.39, 0.29) is 11.7 Å². The molecule has 0 radical (unpaired) electrons. The molecule has 0 aromatic rings. The highest BCUT2D eigenvalue weighted by atomic mass is 32.1. The molecule has 0 saturated carbocycles. The molecule has 0 aromatic carbocycles. The lowest BCUT2D eigenvalue weighted by atomic mass is 10.8. The Bertz CT molecular complexity index is 63.2. The van der Waals surface area contributed by atoms with Crippen molar-refractivity contribution in [2.75, 3.05) is 13.4 Å². The predicted molar refractivity (Wildman–Crippen MR) is 27.9 cm³/mol. The van der Waals surface area contributed by atoms with Gasteiger partial charge in [-0.2, -0.15) is 0 Å². The van der Waals surface area contributed by atoms with Crippen molar-refractivity contribution in [3.8, 4) is 0 Å². The third-order valence-corrected chi connectivity index (χ3v) is 0.602. The molecule has 0 saturated heterocycles. The van der Waals surface area contributed by atoms with Gasteiger partial charge in [0.2, 0.25) is 0 Å². The van der Waals surface area contributed by atoms with Gasteiger partial charge in [-0.1, -0.05) is 0 Å². The predicted octanol–water partition coefficient (Wildman–Crippen LogP) is -0.728. The summed E-state index contributed by atoms with van der Waals surface area (Å²) in [6, 6.07) is 0. The number of aliphatic hydroxyl groups is 2. The summed E-state index contributed by atoms with van der Waals surface area (Å²) in [7, 11) is 0. The maximum atomic E-state index is 8.09. The molecular weight excluding hydrogens is 116 g/mol. The summed E-state index contributed by atoms with van der Waals surface area (Å²) in [5, 5.41) is 16.1. The van der Waals surface area contributed by atoms with Crippen molar-refractivity contribution in [2.24, 2.45) is 0 Å². The van der Waals surface area contributed by atoms with Crippen LogP contribution in [0.25, 0.3) is 0 Å². The van der Waals surface area contributed by atoms with Crippen LogP contribution in [0.2, 0.25) is 0 Å². The molecule has 2 N–H and O–H groups in total. The first-order chi connectivity index (χ1) is 3.31. The van der Waals surface area contributed by atoms with Crippen LogP contribution in [0.5, 0.6) is 0 Å². The van der Waals surface area contributed by atoms with Gasteiger partial charge in [0.15, 0.2) is 11.8 Å². The van der Waals surface area contributed by atoms with Crippen molar-refractivity contribution >= 4 is 17.3 Å². The summed E-state index contributed by atoms with van der Waals surface area (Å²) in [6.45, 7) is -0.769. The molecule has 0 aliphatic heterocycles. The molecule has 42 valence electrons. The van der Waals surface area contributed by atoms with Crippen molar-refractivity contribution in [3.05, 3.63) is 0 Å². The normalized spacial score (nSPS) is 8.29. The van der Waals surface area contributed by atoms with Crippen LogP contribution >= 0.6 is 12.2 Å². The fourth-order valence-corrected chi connectivity index (χ4v) is 0.170. The Hall–Kier alpha value is -0.190. The summed E-state index contributed by atoms with van der Waals surface area (Å²) in [5.41, 5.74) is 0. The van der Waals surface area contributed by atoms with Crippen molar-refractivity contribution in [1.29, 1.82) is 0 Å². The van der Waals surface area contributed by atoms with E-state index in [4.69, 9.17) is 10.2 Å². The van der Waals surface area contributed by atoms with Crippen LogP contribution in [0.1, 0.15) is 0 Å². The van der Waals surface area contributed by atoms with Gasteiger partial charge in [0, 0.05) is 0 Å². The number of rotatable bonds is 2. The largest absolute Gasteiger partial charge is 0.459 e. The summed E-state index contributed by atoms with van der Waals surface area (Å²) in [5.74, 6) is 0. The zero-order valence-electron chi connectivity index (χ0n) is 3.63. The molecule has 0 aliphatic rings. The van der Waals surface area contributed by atoms with E-state index in [1.165, 1.54) is 0 Å². The summed E-state index contributed by atoms with van der Waals surface area (Å²) >= 11 is 4.32. The monoisotopic (exact) mass is 122 g/mol. The molecule has 0 aromatic heterocycles. The number of hydrogen-bond donors (Lipinski definition) is 2. The van der Waals surface area contributed by atoms with Gasteiger partial charge in [0.1, 0.15) is 6.61 Å². The number of aliphatic hydroxyl groups excluding tert-OH is 2. The maximum Gasteiger partial charge on any atom is 0.188 e. The average Bonchev–Trinajstić information content (AvgIpc) is 1.68. The molecule has 0 amide bonds. The van der Waals surface area contributed by atoms with Gasteiger partial charge in [-0.05, 0) is 12.2 Å². The highest BCUT2D eigenvalue weighted by molar-refractivity contribution is 7.80. The average molecular weight is 122 g/mol. The van der Waals surface area contributed by atoms with E-state index in [0.717, 1.165) is 0 Å². The van der Waals surface area contributed by atoms with Crippen molar-refractivity contribution < 1.29 is 14.9 Å². The van der Waals surface area contributed by atoms with E-state index in [0.29, 0.717) is 0 Å². The lowest BCUT2D eigenvalue weighted by Crippen LogP contribution is -2.06. The van der Waals surface area contributed by atoms with Crippen LogP contribution in [0, 0.1) is 0 Å². The van der Waals surface area contributed by atoms with E-state index in [2.05, 4.69) is 17.0 Å². The first kappa shape index (κ1) is 6.81. The third-order valence-electron chi connectivity index (χ3n) is 0.355. The van der Waals surface area contributed by atoms with Crippen LogP contribution in [-0.2, 0) is 4.74 Å². The van der Waals surface area contributed by atoms with Crippen molar-refractivity contribution in [1.82, 2.24) is 0 Å². The van der Waals surface area contributed by atoms with Gasteiger partial charge in [-0.15, -0.1) is 0 Å². The van der Waals surface area contributed by atoms with Crippen LogP contribution in [0.3, 0.4) is 0 Å². The highest BCUT2D eigenvalue weighted by Gasteiger charge is 1.87. The zero-order valence-corrected chi connectivity index (χ0v) is 4.44. The molecule has 4 heteroatoms. The second-order valence-electron chi connectivity index (χ2n) is 0.804. The van der Waals surface area contributed by atoms with Crippen molar-refractivity contribution in [2.45, 2.75) is 0 Å². The third kappa shape index (κ3) is 3.65. The maximum absolute atomic E-state index is 8.09. The second-order valence-corrected chi connectivity index (χ2v) is 1.26. The topological polar surface area (TPSA) is 49.7 Å². The van der Waals surface area contributed by atoms with Crippen LogP contribution in [-0.4, -0.2) is 28.7 Å². The molecular formula is C3H6O3S. The number of ether oxygens (including phenoxy) is 1. The van der Waals surface area contributed by atoms with Crippen LogP contribution < -0.4 is 0 Å². The Kier molecular flexibility index (Phi) is 3.87. The van der Waals surface area contributed by atoms with Gasteiger partial charge in [-0.3, -0.25) is 0 Å². The second kappa shape index (κ2) is 3.98. The zero-order chi connectivity index (χ0) is 5.70. The number of hydrogen-bond acceptors (Lipinski definition) is 4. The minimum atomic E-state index is -0.459. The fourth-order valence-electron chi connectivity index (χ4n) is 0.118. The standard InChI is InChI=1S/C3H6O3S/c4-1-3(7)6-2-5/h4-5H,1-2H2. The smallest absolute Gasteiger partial charge is 0.188 e. The first-order valence-electron chi connectivity index (χ1n) is 1.68. The fraction of sp³-hybridized carbons (Fsp3) is 0.667. The lowest BCUT2D eigenvalue weighted by Gasteiger charge is -1.96. The van der Waals surface area contributed by atoms with Crippen LogP contribution in [0.15, 0.2) is 0 Å². The van der Waals surface area contributed by atoms with E-state index in [1.807, 2.05) is 0 Å². The van der Waals surface area contributed by atoms with Gasteiger partial charge >= 0.3 is 0 Å². The Morgan fingerprint density at radius 3 is 2.29 bits per heavy atom. The van der Waals surface area contributed by atoms with E-state index in [9.17, 15) is 0 Å². The molecule has 0 fully saturated rings. The Labute approximate surface area is 46.5 Å². The molecule has 0 rings (SSSR count). The highest BCUT2D eigenvalue weighted by Crippen LogP contribution is 1.75. The Balaban J connectivity index is 3.00. The summed E-state index contributed by atoms with van der Waals surface area (Å²) in [4.78, 5) is 0. The molecule has 3 nitrogen and oxygen atoms in total. The number of thiocarbonyl (C=S) groups is 1. The SMILES string of the molecule is OCOC(=S)CO. The van der Waals surface area contributed by atoms with Crippen LogP contribution in [0.4, 0.5) is 0 Å². The molecule has 0 spiro atoms. The van der Waals surface area contributed by atoms with E-state index < -0.39 is 6.79 Å². The lowest BCUT2D eigenvalue weighted by molar-refractivity contribution is 0.0839. The molecule has 0 bridgehead atoms.